The fourth-order valence-electron chi connectivity index (χ4n) is 18.0. The number of benzene rings is 2. The molecule has 9 aliphatic heterocycles. The molecular formula is C57H65N3O4. The molecule has 15 aliphatic rings. The average Bonchev–Trinajstić information content (AvgIpc) is 4.00. The van der Waals surface area contributed by atoms with E-state index in [1.165, 1.54) is 65.5 Å². The van der Waals surface area contributed by atoms with Crippen LogP contribution in [0.25, 0.3) is 0 Å². The number of nitrogens with two attached hydrogens (primary N) is 1. The van der Waals surface area contributed by atoms with Gasteiger partial charge in [-0.2, -0.15) is 0 Å². The van der Waals surface area contributed by atoms with E-state index in [1.54, 1.807) is 5.70 Å². The Balaban J connectivity index is 1.07. The largest absolute Gasteiger partial charge is 0.449 e. The van der Waals surface area contributed by atoms with E-state index in [2.05, 4.69) is 83.5 Å². The van der Waals surface area contributed by atoms with Gasteiger partial charge in [0, 0.05) is 48.8 Å². The second-order valence-corrected chi connectivity index (χ2v) is 22.7. The summed E-state index contributed by atoms with van der Waals surface area (Å²) < 4.78 is 14.4. The summed E-state index contributed by atoms with van der Waals surface area (Å²) in [6.45, 7) is 6.49. The highest BCUT2D eigenvalue weighted by Crippen LogP contribution is 2.87. The predicted molar refractivity (Wildman–Crippen MR) is 246 cm³/mol. The lowest BCUT2D eigenvalue weighted by molar-refractivity contribution is -0.275. The quantitative estimate of drug-likeness (QED) is 0.307. The van der Waals surface area contributed by atoms with Gasteiger partial charge in [0.15, 0.2) is 5.60 Å². The first kappa shape index (κ1) is 39.0. The Morgan fingerprint density at radius 2 is 1.80 bits per heavy atom. The van der Waals surface area contributed by atoms with Crippen molar-refractivity contribution in [2.24, 2.45) is 58.0 Å². The summed E-state index contributed by atoms with van der Waals surface area (Å²) in [6, 6.07) is 16.7. The molecule has 0 radical (unpaired) electrons. The summed E-state index contributed by atoms with van der Waals surface area (Å²) in [5.41, 5.74) is 16.2. The fourth-order valence-corrected chi connectivity index (χ4v) is 18.0. The molecule has 2 N–H and O–H groups in total. The van der Waals surface area contributed by atoms with Gasteiger partial charge in [0.2, 0.25) is 0 Å². The smallest absolute Gasteiger partial charge is 0.339 e. The third-order valence-electron chi connectivity index (χ3n) is 20.0. The molecule has 2 aromatic carbocycles. The molecule has 2 aromatic rings. The van der Waals surface area contributed by atoms with E-state index in [1.807, 2.05) is 0 Å². The number of ether oxygens (including phenoxy) is 2. The van der Waals surface area contributed by atoms with Crippen LogP contribution in [0.15, 0.2) is 101 Å². The lowest BCUT2D eigenvalue weighted by atomic mass is 9.29. The van der Waals surface area contributed by atoms with Gasteiger partial charge in [-0.25, -0.2) is 4.79 Å². The van der Waals surface area contributed by atoms with E-state index >= 15 is 4.79 Å². The molecule has 2 saturated carbocycles. The summed E-state index contributed by atoms with van der Waals surface area (Å²) in [6.07, 6.45) is 26.4. The molecule has 9 heterocycles. The van der Waals surface area contributed by atoms with Crippen LogP contribution >= 0.6 is 0 Å². The fraction of sp³-hybridized carbons (Fsp3) is 0.579. The Kier molecular flexibility index (Phi) is 8.48. The molecule has 5 fully saturated rings. The minimum Gasteiger partial charge on any atom is -0.449 e. The van der Waals surface area contributed by atoms with Crippen LogP contribution < -0.4 is 5.73 Å². The Morgan fingerprint density at radius 3 is 2.69 bits per heavy atom. The molecule has 332 valence electrons. The Hall–Kier alpha value is -4.20. The van der Waals surface area contributed by atoms with Crippen molar-refractivity contribution in [3.8, 4) is 0 Å². The molecule has 64 heavy (non-hydrogen) atoms. The summed E-state index contributed by atoms with van der Waals surface area (Å²) in [5, 5.41) is 0. The van der Waals surface area contributed by atoms with E-state index < -0.39 is 16.4 Å². The first-order valence-electron chi connectivity index (χ1n) is 25.8. The molecule has 0 aromatic heterocycles. The van der Waals surface area contributed by atoms with E-state index in [4.69, 9.17) is 15.2 Å². The minimum absolute atomic E-state index is 0.0825. The van der Waals surface area contributed by atoms with Crippen LogP contribution in [-0.4, -0.2) is 60.0 Å². The van der Waals surface area contributed by atoms with Crippen LogP contribution in [0.1, 0.15) is 123 Å². The molecule has 15 bridgehead atoms. The normalized spacial score (nSPS) is 41.8. The van der Waals surface area contributed by atoms with Gasteiger partial charge in [-0.15, -0.1) is 0 Å². The predicted octanol–water partition coefficient (Wildman–Crippen LogP) is 9.67. The van der Waals surface area contributed by atoms with Crippen molar-refractivity contribution < 1.29 is 19.1 Å². The third kappa shape index (κ3) is 4.81. The van der Waals surface area contributed by atoms with Crippen molar-refractivity contribution >= 4 is 11.9 Å². The summed E-state index contributed by atoms with van der Waals surface area (Å²) in [4.78, 5) is 36.9. The molecule has 1 unspecified atom stereocenters. The second kappa shape index (κ2) is 13.9. The van der Waals surface area contributed by atoms with Crippen LogP contribution in [0.5, 0.6) is 0 Å². The number of fused-ring (bicyclic) bond motifs is 6. The Bertz CT molecular complexity index is 2560. The summed E-state index contributed by atoms with van der Waals surface area (Å²) in [7, 11) is 0. The lowest BCUT2D eigenvalue weighted by Crippen LogP contribution is -2.77. The van der Waals surface area contributed by atoms with E-state index in [0.29, 0.717) is 48.2 Å². The molecule has 7 heteroatoms. The van der Waals surface area contributed by atoms with Crippen molar-refractivity contribution in [3.63, 3.8) is 0 Å². The number of esters is 2. The van der Waals surface area contributed by atoms with Crippen LogP contribution in [0.2, 0.25) is 0 Å². The maximum absolute atomic E-state index is 16.1. The second-order valence-electron chi connectivity index (χ2n) is 22.7. The number of aryl methyl sites for hydroxylation is 2. The van der Waals surface area contributed by atoms with Crippen LogP contribution in [0, 0.1) is 52.3 Å². The maximum atomic E-state index is 16.1. The molecule has 0 amide bonds. The highest BCUT2D eigenvalue weighted by Gasteiger charge is 2.92. The van der Waals surface area contributed by atoms with Crippen LogP contribution in [-0.2, 0) is 39.1 Å². The van der Waals surface area contributed by atoms with Crippen molar-refractivity contribution in [1.82, 2.24) is 9.80 Å². The zero-order valence-corrected chi connectivity index (χ0v) is 37.8. The standard InChI is InChI=1S/C57H65N3O4/c1-33-25-39-18-19-46-41-28-36-30-59(32-41)45(37-12-3-4-13-37)20-21-48-55-23-22-42-44-29-40(49(33)51(42)52(39)60(46)31-36)27-35-11-6-10-34(26-35)9-2-5-17-47(56(44,55)54(62)63-48)57(55)43-16-7-14-38(15-8-24-58)50(43)53(61)64-57/h6-7,10-11,14,16,18-19,21,26,29,33,36-37,41,45-47,49,51H,2-5,8-9,12-13,15,17,20,22-25,27-28,30-32,58H2,1H3/b48-21-/t33-,36-,41+,45+,46+,47+,49+,51+,55-,56+,57-/m1/s1. The first-order valence-corrected chi connectivity index (χ1v) is 25.8. The minimum atomic E-state index is -1.00. The highest BCUT2D eigenvalue weighted by atomic mass is 16.6. The average molecular weight is 856 g/mol. The number of allylic oxidation sites excluding steroid dienone is 5. The summed E-state index contributed by atoms with van der Waals surface area (Å²) >= 11 is 0. The van der Waals surface area contributed by atoms with Gasteiger partial charge in [-0.3, -0.25) is 9.69 Å². The molecule has 12 atom stereocenters. The number of rotatable bonds is 4. The SMILES string of the molecule is C[C@@H]1CC2=C3[C@H]4C5=C6C=C(Cc7cccc(c7)CCCC[C@H]7[C@]68C(=O)O/C(=C\C[C@@H](C6CCCC6)N6C[C@H]9C[C@@H](C6)[C@H](C=C2)N3C9)[C@@]8(CC5)[C@]72OC(=O)c3c(CCCN)cccc32)[C@@H]41. The van der Waals surface area contributed by atoms with Gasteiger partial charge in [0.25, 0.3) is 0 Å². The molecule has 7 nitrogen and oxygen atoms in total. The van der Waals surface area contributed by atoms with Crippen molar-refractivity contribution in [3.05, 3.63) is 128 Å². The van der Waals surface area contributed by atoms with E-state index in [0.717, 1.165) is 113 Å². The van der Waals surface area contributed by atoms with Gasteiger partial charge in [-0.1, -0.05) is 98.0 Å². The van der Waals surface area contributed by atoms with Gasteiger partial charge in [0.1, 0.15) is 11.2 Å². The van der Waals surface area contributed by atoms with Gasteiger partial charge >= 0.3 is 11.9 Å². The van der Waals surface area contributed by atoms with Gasteiger partial charge < -0.3 is 20.1 Å². The number of hydrogen-bond donors (Lipinski definition) is 1. The number of carbonyl (C=O) groups excluding carboxylic acids is 2. The number of nitrogens with zero attached hydrogens (tertiary/aromatic N) is 2. The van der Waals surface area contributed by atoms with Crippen molar-refractivity contribution in [1.29, 1.82) is 0 Å². The number of hydrogen-bond acceptors (Lipinski definition) is 7. The van der Waals surface area contributed by atoms with Crippen molar-refractivity contribution in [2.75, 3.05) is 26.2 Å². The Morgan fingerprint density at radius 1 is 0.938 bits per heavy atom. The molecule has 17 rings (SSSR count). The van der Waals surface area contributed by atoms with E-state index in [-0.39, 0.29) is 23.8 Å². The third-order valence-corrected chi connectivity index (χ3v) is 20.0. The topological polar surface area (TPSA) is 85.1 Å². The maximum Gasteiger partial charge on any atom is 0.339 e. The number of piperidine rings is 2. The monoisotopic (exact) mass is 855 g/mol. The zero-order valence-electron chi connectivity index (χ0n) is 37.8. The zero-order chi connectivity index (χ0) is 42.7. The molecule has 3 saturated heterocycles. The van der Waals surface area contributed by atoms with Crippen LogP contribution in [0.3, 0.4) is 0 Å². The Labute approximate surface area is 379 Å². The lowest BCUT2D eigenvalue weighted by Gasteiger charge is -2.71. The number of carbonyl (C=O) groups is 2. The van der Waals surface area contributed by atoms with Gasteiger partial charge in [0.05, 0.1) is 17.0 Å². The van der Waals surface area contributed by atoms with E-state index in [9.17, 15) is 4.79 Å². The van der Waals surface area contributed by atoms with Crippen LogP contribution in [0.4, 0.5) is 0 Å². The first-order chi connectivity index (χ1) is 31.4. The van der Waals surface area contributed by atoms with Gasteiger partial charge in [-0.05, 0) is 154 Å². The van der Waals surface area contributed by atoms with Crippen molar-refractivity contribution in [2.45, 2.75) is 127 Å². The molecule has 3 spiro atoms. The highest BCUT2D eigenvalue weighted by molar-refractivity contribution is 6.00. The molecule has 6 aliphatic carbocycles. The molecular weight excluding hydrogens is 791 g/mol. The summed E-state index contributed by atoms with van der Waals surface area (Å²) in [5.74, 6) is 3.18.